The maximum atomic E-state index is 3.60. The van der Waals surface area contributed by atoms with E-state index in [0.29, 0.717) is 5.92 Å². The molecule has 0 fully saturated rings. The summed E-state index contributed by atoms with van der Waals surface area (Å²) >= 11 is 0. The normalized spacial score (nSPS) is 18.4. The average Bonchev–Trinajstić information content (AvgIpc) is 2.90. The molecule has 0 amide bonds. The zero-order chi connectivity index (χ0) is 12.7. The van der Waals surface area contributed by atoms with Crippen LogP contribution in [0.3, 0.4) is 0 Å². The van der Waals surface area contributed by atoms with Gasteiger partial charge in [-0.2, -0.15) is 0 Å². The second-order valence-corrected chi connectivity index (χ2v) is 5.52. The second kappa shape index (κ2) is 4.27. The Bertz CT molecular complexity index is 690. The number of para-hydroxylation sites is 1. The molecule has 1 aliphatic carbocycles. The van der Waals surface area contributed by atoms with Crippen LogP contribution in [-0.4, -0.2) is 4.98 Å². The minimum Gasteiger partial charge on any atom is -0.358 e. The van der Waals surface area contributed by atoms with Gasteiger partial charge >= 0.3 is 0 Å². The van der Waals surface area contributed by atoms with Crippen LogP contribution in [0.4, 0.5) is 0 Å². The first-order valence-corrected chi connectivity index (χ1v) is 7.04. The predicted octanol–water partition coefficient (Wildman–Crippen LogP) is 4.44. The first kappa shape index (κ1) is 10.9. The molecule has 19 heavy (non-hydrogen) atoms. The molecular formula is C18H17N. The van der Waals surface area contributed by atoms with Crippen LogP contribution < -0.4 is 0 Å². The van der Waals surface area contributed by atoms with E-state index in [9.17, 15) is 0 Å². The summed E-state index contributed by atoms with van der Waals surface area (Å²) in [6.45, 7) is 0. The van der Waals surface area contributed by atoms with Crippen LogP contribution in [0.1, 0.15) is 29.2 Å². The molecule has 0 bridgehead atoms. The SMILES string of the molecule is c1ccc2c(c1)CCC(c1cc3ccccc3[nH]1)C2. The molecule has 1 nitrogen and oxygen atoms in total. The number of aryl methyl sites for hydroxylation is 1. The van der Waals surface area contributed by atoms with Gasteiger partial charge < -0.3 is 4.98 Å². The minimum absolute atomic E-state index is 0.641. The minimum atomic E-state index is 0.641. The fourth-order valence-corrected chi connectivity index (χ4v) is 3.28. The monoisotopic (exact) mass is 247 g/mol. The second-order valence-electron chi connectivity index (χ2n) is 5.52. The van der Waals surface area contributed by atoms with E-state index < -0.39 is 0 Å². The van der Waals surface area contributed by atoms with E-state index in [4.69, 9.17) is 0 Å². The standard InChI is InChI=1S/C18H17N/c1-2-6-14-11-16(10-9-13(14)5-1)18-12-15-7-3-4-8-17(15)19-18/h1-8,12,16,19H,9-11H2. The zero-order valence-electron chi connectivity index (χ0n) is 10.9. The van der Waals surface area contributed by atoms with Gasteiger partial charge in [0.15, 0.2) is 0 Å². The number of H-pyrrole nitrogens is 1. The van der Waals surface area contributed by atoms with E-state index >= 15 is 0 Å². The molecule has 2 aromatic carbocycles. The summed E-state index contributed by atoms with van der Waals surface area (Å²) in [4.78, 5) is 3.60. The molecule has 0 aliphatic heterocycles. The lowest BCUT2D eigenvalue weighted by Gasteiger charge is -2.23. The maximum Gasteiger partial charge on any atom is 0.0456 e. The van der Waals surface area contributed by atoms with Crippen molar-refractivity contribution in [3.8, 4) is 0 Å². The molecular weight excluding hydrogens is 230 g/mol. The van der Waals surface area contributed by atoms with Crippen molar-refractivity contribution in [2.45, 2.75) is 25.2 Å². The number of hydrogen-bond donors (Lipinski definition) is 1. The number of nitrogens with one attached hydrogen (secondary N) is 1. The van der Waals surface area contributed by atoms with Crippen molar-refractivity contribution in [2.24, 2.45) is 0 Å². The molecule has 1 heteroatoms. The number of hydrogen-bond acceptors (Lipinski definition) is 0. The third-order valence-corrected chi connectivity index (χ3v) is 4.34. The highest BCUT2D eigenvalue weighted by molar-refractivity contribution is 5.80. The van der Waals surface area contributed by atoms with E-state index in [1.807, 2.05) is 0 Å². The Kier molecular flexibility index (Phi) is 2.44. The number of benzene rings is 2. The molecule has 1 unspecified atom stereocenters. The van der Waals surface area contributed by atoms with Gasteiger partial charge in [-0.25, -0.2) is 0 Å². The molecule has 1 aliphatic rings. The van der Waals surface area contributed by atoms with Gasteiger partial charge in [-0.1, -0.05) is 42.5 Å². The van der Waals surface area contributed by atoms with Crippen molar-refractivity contribution < 1.29 is 0 Å². The Labute approximate surface area is 113 Å². The first-order valence-electron chi connectivity index (χ1n) is 7.04. The maximum absolute atomic E-state index is 3.60. The number of aromatic nitrogens is 1. The third kappa shape index (κ3) is 1.86. The van der Waals surface area contributed by atoms with Crippen LogP contribution >= 0.6 is 0 Å². The number of rotatable bonds is 1. The largest absolute Gasteiger partial charge is 0.358 e. The highest BCUT2D eigenvalue weighted by Gasteiger charge is 2.20. The van der Waals surface area contributed by atoms with Crippen molar-refractivity contribution in [3.63, 3.8) is 0 Å². The van der Waals surface area contributed by atoms with Crippen molar-refractivity contribution in [2.75, 3.05) is 0 Å². The number of aromatic amines is 1. The van der Waals surface area contributed by atoms with Crippen LogP contribution in [0.2, 0.25) is 0 Å². The molecule has 0 radical (unpaired) electrons. The van der Waals surface area contributed by atoms with E-state index in [1.165, 1.54) is 47.0 Å². The lowest BCUT2D eigenvalue weighted by molar-refractivity contribution is 0.575. The van der Waals surface area contributed by atoms with Crippen LogP contribution in [0, 0.1) is 0 Å². The van der Waals surface area contributed by atoms with Crippen LogP contribution in [0.5, 0.6) is 0 Å². The van der Waals surface area contributed by atoms with Gasteiger partial charge in [0, 0.05) is 17.1 Å². The molecule has 0 saturated heterocycles. The van der Waals surface area contributed by atoms with Crippen LogP contribution in [0.25, 0.3) is 10.9 Å². The van der Waals surface area contributed by atoms with Crippen molar-refractivity contribution >= 4 is 10.9 Å². The van der Waals surface area contributed by atoms with Gasteiger partial charge in [-0.15, -0.1) is 0 Å². The summed E-state index contributed by atoms with van der Waals surface area (Å²) < 4.78 is 0. The van der Waals surface area contributed by atoms with Gasteiger partial charge in [0.1, 0.15) is 0 Å². The Morgan fingerprint density at radius 2 is 1.68 bits per heavy atom. The zero-order valence-corrected chi connectivity index (χ0v) is 10.9. The molecule has 3 aromatic rings. The highest BCUT2D eigenvalue weighted by atomic mass is 14.7. The van der Waals surface area contributed by atoms with Crippen LogP contribution in [-0.2, 0) is 12.8 Å². The van der Waals surface area contributed by atoms with E-state index in [2.05, 4.69) is 59.6 Å². The number of fused-ring (bicyclic) bond motifs is 2. The molecule has 0 saturated carbocycles. The summed E-state index contributed by atoms with van der Waals surface area (Å²) in [6.07, 6.45) is 3.63. The summed E-state index contributed by atoms with van der Waals surface area (Å²) in [5.41, 5.74) is 5.72. The molecule has 1 atom stereocenters. The molecule has 1 N–H and O–H groups in total. The quantitative estimate of drug-likeness (QED) is 0.654. The van der Waals surface area contributed by atoms with Crippen molar-refractivity contribution in [3.05, 3.63) is 71.4 Å². The predicted molar refractivity (Wildman–Crippen MR) is 79.5 cm³/mol. The summed E-state index contributed by atoms with van der Waals surface area (Å²) in [5, 5.41) is 1.33. The molecule has 4 rings (SSSR count). The van der Waals surface area contributed by atoms with E-state index in [-0.39, 0.29) is 0 Å². The Balaban J connectivity index is 1.70. The Morgan fingerprint density at radius 3 is 2.58 bits per heavy atom. The van der Waals surface area contributed by atoms with Crippen molar-refractivity contribution in [1.29, 1.82) is 0 Å². The lowest BCUT2D eigenvalue weighted by atomic mass is 9.82. The third-order valence-electron chi connectivity index (χ3n) is 4.34. The van der Waals surface area contributed by atoms with Gasteiger partial charge in [-0.3, -0.25) is 0 Å². The average molecular weight is 247 g/mol. The molecule has 94 valence electrons. The van der Waals surface area contributed by atoms with Crippen molar-refractivity contribution in [1.82, 2.24) is 4.98 Å². The highest BCUT2D eigenvalue weighted by Crippen LogP contribution is 2.33. The fourth-order valence-electron chi connectivity index (χ4n) is 3.28. The topological polar surface area (TPSA) is 15.8 Å². The van der Waals surface area contributed by atoms with E-state index in [1.54, 1.807) is 0 Å². The van der Waals surface area contributed by atoms with Crippen LogP contribution in [0.15, 0.2) is 54.6 Å². The van der Waals surface area contributed by atoms with Gasteiger partial charge in [0.2, 0.25) is 0 Å². The lowest BCUT2D eigenvalue weighted by Crippen LogP contribution is -2.12. The smallest absolute Gasteiger partial charge is 0.0456 e. The Morgan fingerprint density at radius 1 is 0.895 bits per heavy atom. The van der Waals surface area contributed by atoms with Gasteiger partial charge in [-0.05, 0) is 47.9 Å². The first-order chi connectivity index (χ1) is 9.40. The Hall–Kier alpha value is -2.02. The summed E-state index contributed by atoms with van der Waals surface area (Å²) in [5.74, 6) is 0.641. The fraction of sp³-hybridized carbons (Fsp3) is 0.222. The molecule has 1 aromatic heterocycles. The van der Waals surface area contributed by atoms with Gasteiger partial charge in [0.05, 0.1) is 0 Å². The van der Waals surface area contributed by atoms with Gasteiger partial charge in [0.25, 0.3) is 0 Å². The van der Waals surface area contributed by atoms with E-state index in [0.717, 1.165) is 0 Å². The summed E-state index contributed by atoms with van der Waals surface area (Å²) in [7, 11) is 0. The molecule has 0 spiro atoms. The molecule has 1 heterocycles. The summed E-state index contributed by atoms with van der Waals surface area (Å²) in [6, 6.07) is 19.7.